The Bertz CT molecular complexity index is 877. The predicted molar refractivity (Wildman–Crippen MR) is 104 cm³/mol. The van der Waals surface area contributed by atoms with E-state index in [0.717, 1.165) is 0 Å². The molecule has 0 unspecified atom stereocenters. The zero-order valence-corrected chi connectivity index (χ0v) is 15.9. The van der Waals surface area contributed by atoms with E-state index in [4.69, 9.17) is 4.74 Å². The summed E-state index contributed by atoms with van der Waals surface area (Å²) >= 11 is 0. The van der Waals surface area contributed by atoms with Crippen LogP contribution in [0, 0.1) is 0 Å². The van der Waals surface area contributed by atoms with Gasteiger partial charge in [-0.05, 0) is 37.6 Å². The molecule has 0 aliphatic rings. The molecule has 5 N–H and O–H groups in total. The maximum Gasteiger partial charge on any atom is 0.193 e. The molecule has 0 amide bonds. The van der Waals surface area contributed by atoms with Crippen LogP contribution in [-0.4, -0.2) is 50.1 Å². The fourth-order valence-corrected chi connectivity index (χ4v) is 2.56. The molecule has 1 atom stereocenters. The van der Waals surface area contributed by atoms with Crippen LogP contribution in [0.4, 0.5) is 0 Å². The van der Waals surface area contributed by atoms with Gasteiger partial charge in [-0.25, -0.2) is 0 Å². The summed E-state index contributed by atoms with van der Waals surface area (Å²) in [6.07, 6.45) is 1.16. The highest BCUT2D eigenvalue weighted by atomic mass is 16.5. The largest absolute Gasteiger partial charge is 0.508 e. The predicted octanol–water partition coefficient (Wildman–Crippen LogP) is 2.38. The second-order valence-corrected chi connectivity index (χ2v) is 6.96. The van der Waals surface area contributed by atoms with Crippen LogP contribution in [-0.2, 0) is 6.42 Å². The molecule has 0 heterocycles. The van der Waals surface area contributed by atoms with Crippen LogP contribution in [0.25, 0.3) is 6.08 Å². The van der Waals surface area contributed by atoms with Crippen molar-refractivity contribution in [2.45, 2.75) is 32.0 Å². The lowest BCUT2D eigenvalue weighted by Gasteiger charge is -2.25. The van der Waals surface area contributed by atoms with Crippen molar-refractivity contribution >= 4 is 11.9 Å². The monoisotopic (exact) mass is 388 g/mol. The lowest BCUT2D eigenvalue weighted by atomic mass is 9.92. The molecule has 2 aromatic rings. The third-order valence-corrected chi connectivity index (χ3v) is 4.35. The highest BCUT2D eigenvalue weighted by molar-refractivity contribution is 6.11. The van der Waals surface area contributed by atoms with Crippen molar-refractivity contribution in [3.8, 4) is 23.0 Å². The van der Waals surface area contributed by atoms with Gasteiger partial charge in [0.05, 0.1) is 18.8 Å². The summed E-state index contributed by atoms with van der Waals surface area (Å²) in [5.74, 6) is -1.41. The van der Waals surface area contributed by atoms with Crippen LogP contribution in [0.5, 0.6) is 23.0 Å². The van der Waals surface area contributed by atoms with Crippen molar-refractivity contribution in [1.82, 2.24) is 0 Å². The van der Waals surface area contributed by atoms with Crippen molar-refractivity contribution in [3.05, 3.63) is 53.1 Å². The Balaban J connectivity index is 2.42. The Hall–Kier alpha value is -3.03. The normalized spacial score (nSPS) is 12.9. The summed E-state index contributed by atoms with van der Waals surface area (Å²) < 4.78 is 5.10. The molecular weight excluding hydrogens is 364 g/mol. The Morgan fingerprint density at radius 2 is 1.79 bits per heavy atom. The Labute approximate surface area is 162 Å². The van der Waals surface area contributed by atoms with Crippen molar-refractivity contribution < 1.29 is 35.1 Å². The van der Waals surface area contributed by atoms with Crippen LogP contribution in [0.1, 0.15) is 35.3 Å². The van der Waals surface area contributed by atoms with Gasteiger partial charge in [0, 0.05) is 18.1 Å². The third kappa shape index (κ3) is 4.82. The van der Waals surface area contributed by atoms with E-state index < -0.39 is 23.2 Å². The smallest absolute Gasteiger partial charge is 0.193 e. The van der Waals surface area contributed by atoms with Crippen molar-refractivity contribution in [3.63, 3.8) is 0 Å². The van der Waals surface area contributed by atoms with Crippen molar-refractivity contribution in [2.24, 2.45) is 0 Å². The quantitative estimate of drug-likeness (QED) is 0.364. The van der Waals surface area contributed by atoms with E-state index in [9.17, 15) is 30.3 Å². The lowest BCUT2D eigenvalue weighted by Crippen LogP contribution is -2.37. The number of carbonyl (C=O) groups excluding carboxylic acids is 1. The number of aliphatic hydroxyl groups is 2. The van der Waals surface area contributed by atoms with E-state index in [1.807, 2.05) is 0 Å². The minimum absolute atomic E-state index is 0.0307. The number of aliphatic hydroxyl groups excluding tert-OH is 1. The number of hydrogen-bond donors (Lipinski definition) is 5. The summed E-state index contributed by atoms with van der Waals surface area (Å²) in [4.78, 5) is 12.7. The summed E-state index contributed by atoms with van der Waals surface area (Å²) in [5.41, 5.74) is -1.06. The van der Waals surface area contributed by atoms with E-state index in [1.165, 1.54) is 51.3 Å². The average Bonchev–Trinajstić information content (AvgIpc) is 2.62. The minimum Gasteiger partial charge on any atom is -0.508 e. The number of rotatable bonds is 7. The summed E-state index contributed by atoms with van der Waals surface area (Å²) in [5, 5.41) is 50.1. The van der Waals surface area contributed by atoms with Gasteiger partial charge in [-0.1, -0.05) is 18.2 Å². The molecule has 0 saturated heterocycles. The number of aromatic hydroxyl groups is 3. The van der Waals surface area contributed by atoms with E-state index in [1.54, 1.807) is 12.1 Å². The Morgan fingerprint density at radius 3 is 2.32 bits per heavy atom. The first-order chi connectivity index (χ1) is 13.0. The average molecular weight is 388 g/mol. The number of methoxy groups -OCH3 is 1. The van der Waals surface area contributed by atoms with E-state index in [0.29, 0.717) is 5.56 Å². The van der Waals surface area contributed by atoms with Gasteiger partial charge < -0.3 is 30.3 Å². The van der Waals surface area contributed by atoms with Gasteiger partial charge in [-0.15, -0.1) is 0 Å². The van der Waals surface area contributed by atoms with Crippen LogP contribution in [0.2, 0.25) is 0 Å². The SMILES string of the molecule is COc1cc(O)c(C[C@H](O)C(C)(C)O)c(O)c1C(=O)C=Cc1ccc(O)cc1. The first-order valence-corrected chi connectivity index (χ1v) is 8.58. The number of hydrogen-bond acceptors (Lipinski definition) is 7. The maximum absolute atomic E-state index is 12.7. The van der Waals surface area contributed by atoms with Gasteiger partial charge in [-0.3, -0.25) is 4.79 Å². The van der Waals surface area contributed by atoms with Gasteiger partial charge in [0.15, 0.2) is 5.78 Å². The second-order valence-electron chi connectivity index (χ2n) is 6.96. The molecule has 0 radical (unpaired) electrons. The van der Waals surface area contributed by atoms with Gasteiger partial charge in [0.2, 0.25) is 0 Å². The Morgan fingerprint density at radius 1 is 1.18 bits per heavy atom. The highest BCUT2D eigenvalue weighted by Crippen LogP contribution is 2.39. The molecule has 0 aromatic heterocycles. The summed E-state index contributed by atoms with van der Waals surface area (Å²) in [7, 11) is 1.29. The van der Waals surface area contributed by atoms with E-state index in [2.05, 4.69) is 0 Å². The molecule has 7 nitrogen and oxygen atoms in total. The van der Waals surface area contributed by atoms with Gasteiger partial charge in [0.1, 0.15) is 28.6 Å². The van der Waals surface area contributed by atoms with Gasteiger partial charge >= 0.3 is 0 Å². The van der Waals surface area contributed by atoms with Crippen LogP contribution < -0.4 is 4.74 Å². The fraction of sp³-hybridized carbons (Fsp3) is 0.286. The summed E-state index contributed by atoms with van der Waals surface area (Å²) in [6, 6.07) is 7.34. The number of phenols is 3. The molecule has 0 aliphatic carbocycles. The van der Waals surface area contributed by atoms with Crippen molar-refractivity contribution in [1.29, 1.82) is 0 Å². The molecule has 150 valence electrons. The third-order valence-electron chi connectivity index (χ3n) is 4.35. The zero-order valence-electron chi connectivity index (χ0n) is 15.9. The van der Waals surface area contributed by atoms with Crippen LogP contribution in [0.15, 0.2) is 36.4 Å². The number of allylic oxidation sites excluding steroid dienone is 1. The first kappa shape index (κ1) is 21.3. The topological polar surface area (TPSA) is 127 Å². The molecule has 0 aliphatic heterocycles. The van der Waals surface area contributed by atoms with Gasteiger partial charge in [-0.2, -0.15) is 0 Å². The minimum atomic E-state index is -1.47. The second kappa shape index (κ2) is 8.33. The summed E-state index contributed by atoms with van der Waals surface area (Å²) in [6.45, 7) is 2.78. The number of phenolic OH excluding ortho intramolecular Hbond substituents is 3. The van der Waals surface area contributed by atoms with E-state index >= 15 is 0 Å². The number of benzene rings is 2. The highest BCUT2D eigenvalue weighted by Gasteiger charge is 2.29. The lowest BCUT2D eigenvalue weighted by molar-refractivity contribution is -0.0473. The molecule has 7 heteroatoms. The molecule has 0 fully saturated rings. The van der Waals surface area contributed by atoms with Crippen molar-refractivity contribution in [2.75, 3.05) is 7.11 Å². The first-order valence-electron chi connectivity index (χ1n) is 8.58. The number of carbonyl (C=O) groups is 1. The number of ether oxygens (including phenoxy) is 1. The van der Waals surface area contributed by atoms with Gasteiger partial charge in [0.25, 0.3) is 0 Å². The molecule has 2 rings (SSSR count). The van der Waals surface area contributed by atoms with Crippen LogP contribution >= 0.6 is 0 Å². The Kier molecular flexibility index (Phi) is 6.33. The molecule has 2 aromatic carbocycles. The molecule has 0 spiro atoms. The fourth-order valence-electron chi connectivity index (χ4n) is 2.56. The standard InChI is InChI=1S/C21H24O7/c1-21(2,27)18(25)10-14-16(24)11-17(28-3)19(20(14)26)15(23)9-6-12-4-7-13(22)8-5-12/h4-9,11,18,22,24-27H,10H2,1-3H3/t18-/m0/s1. The maximum atomic E-state index is 12.7. The molecular formula is C21H24O7. The molecule has 0 saturated carbocycles. The number of ketones is 1. The van der Waals surface area contributed by atoms with Crippen LogP contribution in [0.3, 0.4) is 0 Å². The zero-order chi connectivity index (χ0) is 21.1. The van der Waals surface area contributed by atoms with E-state index in [-0.39, 0.29) is 34.8 Å². The molecule has 0 bridgehead atoms. The molecule has 28 heavy (non-hydrogen) atoms.